The Kier molecular flexibility index (Phi) is 4.44. The fourth-order valence-corrected chi connectivity index (χ4v) is 3.76. The minimum Gasteiger partial charge on any atom is -0.489 e. The maximum atomic E-state index is 12.9. The van der Waals surface area contributed by atoms with E-state index in [4.69, 9.17) is 14.0 Å². The van der Waals surface area contributed by atoms with Crippen molar-refractivity contribution in [3.05, 3.63) is 47.3 Å². The highest BCUT2D eigenvalue weighted by Gasteiger charge is 2.56. The molecule has 0 aliphatic carbocycles. The number of nitrogens with zero attached hydrogens (tertiary/aromatic N) is 2. The highest BCUT2D eigenvalue weighted by molar-refractivity contribution is 5.94. The van der Waals surface area contributed by atoms with Gasteiger partial charge < -0.3 is 24.0 Å². The Labute approximate surface area is 157 Å². The second-order valence-electron chi connectivity index (χ2n) is 7.56. The minimum atomic E-state index is -0.783. The molecule has 1 spiro atoms. The van der Waals surface area contributed by atoms with Crippen molar-refractivity contribution in [3.63, 3.8) is 0 Å². The number of likely N-dealkylation sites (tertiary alicyclic amines) is 1. The fraction of sp³-hybridized carbons (Fsp3) is 0.500. The van der Waals surface area contributed by atoms with Gasteiger partial charge in [0.2, 0.25) is 0 Å². The van der Waals surface area contributed by atoms with E-state index < -0.39 is 11.2 Å². The van der Waals surface area contributed by atoms with E-state index in [1.165, 1.54) is 0 Å². The maximum absolute atomic E-state index is 12.9. The number of carbonyl (C=O) groups excluding carboxylic acids is 1. The lowest BCUT2D eigenvalue weighted by Crippen LogP contribution is -2.63. The number of ether oxygens (including phenoxy) is 2. The van der Waals surface area contributed by atoms with Crippen LogP contribution in [0.2, 0.25) is 0 Å². The summed E-state index contributed by atoms with van der Waals surface area (Å²) in [5, 5.41) is 14.4. The lowest BCUT2D eigenvalue weighted by Gasteiger charge is -2.47. The Morgan fingerprint density at radius 2 is 2.07 bits per heavy atom. The van der Waals surface area contributed by atoms with Crippen molar-refractivity contribution in [3.8, 4) is 5.75 Å². The van der Waals surface area contributed by atoms with Crippen LogP contribution in [0.15, 0.2) is 34.9 Å². The average molecular weight is 372 g/mol. The first kappa shape index (κ1) is 18.0. The molecule has 4 rings (SSSR count). The largest absolute Gasteiger partial charge is 0.489 e. The second-order valence-corrected chi connectivity index (χ2v) is 7.56. The molecule has 2 saturated heterocycles. The summed E-state index contributed by atoms with van der Waals surface area (Å²) in [6, 6.07) is 9.41. The molecule has 3 heterocycles. The van der Waals surface area contributed by atoms with E-state index >= 15 is 0 Å². The van der Waals surface area contributed by atoms with Crippen LogP contribution in [0.1, 0.15) is 41.6 Å². The van der Waals surface area contributed by atoms with Crippen LogP contribution in [0.25, 0.3) is 0 Å². The zero-order valence-corrected chi connectivity index (χ0v) is 15.6. The summed E-state index contributed by atoms with van der Waals surface area (Å²) in [6.07, 6.45) is 1.20. The number of amides is 1. The van der Waals surface area contributed by atoms with Crippen molar-refractivity contribution in [2.75, 3.05) is 19.7 Å². The van der Waals surface area contributed by atoms with E-state index in [9.17, 15) is 9.90 Å². The van der Waals surface area contributed by atoms with Crippen molar-refractivity contribution < 1.29 is 23.9 Å². The van der Waals surface area contributed by atoms with Gasteiger partial charge in [0.15, 0.2) is 5.69 Å². The molecule has 0 bridgehead atoms. The molecule has 1 amide bonds. The zero-order chi connectivity index (χ0) is 19.1. The number of aliphatic hydroxyl groups is 1. The third-order valence-electron chi connectivity index (χ3n) is 5.52. The van der Waals surface area contributed by atoms with Gasteiger partial charge in [-0.2, -0.15) is 0 Å². The lowest BCUT2D eigenvalue weighted by molar-refractivity contribution is -0.0958. The molecule has 0 radical (unpaired) electrons. The molecular formula is C20H24N2O5. The summed E-state index contributed by atoms with van der Waals surface area (Å²) in [6.45, 7) is 5.17. The number of para-hydroxylation sites is 1. The molecule has 0 saturated carbocycles. The number of hydrogen-bond donors (Lipinski definition) is 1. The van der Waals surface area contributed by atoms with Crippen LogP contribution in [0.5, 0.6) is 5.75 Å². The average Bonchev–Trinajstić information content (AvgIpc) is 3.20. The van der Waals surface area contributed by atoms with Crippen molar-refractivity contribution in [1.29, 1.82) is 0 Å². The highest BCUT2D eigenvalue weighted by Crippen LogP contribution is 2.41. The van der Waals surface area contributed by atoms with Gasteiger partial charge in [0, 0.05) is 6.42 Å². The van der Waals surface area contributed by atoms with E-state index in [-0.39, 0.29) is 18.2 Å². The van der Waals surface area contributed by atoms with Gasteiger partial charge in [-0.15, -0.1) is 0 Å². The van der Waals surface area contributed by atoms with Crippen molar-refractivity contribution >= 4 is 5.91 Å². The van der Waals surface area contributed by atoms with Crippen LogP contribution in [-0.2, 0) is 11.3 Å². The number of aromatic nitrogens is 1. The smallest absolute Gasteiger partial charge is 0.276 e. The monoisotopic (exact) mass is 372 g/mol. The van der Waals surface area contributed by atoms with Crippen LogP contribution in [-0.4, -0.2) is 52.0 Å². The molecule has 1 aromatic heterocycles. The summed E-state index contributed by atoms with van der Waals surface area (Å²) in [5.74, 6) is 1.10. The zero-order valence-electron chi connectivity index (χ0n) is 15.6. The summed E-state index contributed by atoms with van der Waals surface area (Å²) < 4.78 is 16.8. The number of aryl methyl sites for hydroxylation is 1. The molecule has 2 aromatic rings. The first-order chi connectivity index (χ1) is 12.9. The summed E-state index contributed by atoms with van der Waals surface area (Å²) in [5.41, 5.74) is -0.280. The van der Waals surface area contributed by atoms with E-state index in [0.717, 1.165) is 5.75 Å². The number of rotatable bonds is 5. The van der Waals surface area contributed by atoms with Gasteiger partial charge in [-0.3, -0.25) is 4.79 Å². The molecule has 1 aromatic carbocycles. The summed E-state index contributed by atoms with van der Waals surface area (Å²) in [4.78, 5) is 14.6. The Morgan fingerprint density at radius 1 is 1.33 bits per heavy atom. The Morgan fingerprint density at radius 3 is 2.74 bits per heavy atom. The quantitative estimate of drug-likeness (QED) is 0.867. The Balaban J connectivity index is 1.42. The number of carbonyl (C=O) groups is 1. The SMILES string of the molecule is CCC1(O)COC2(CN(C(=O)c3noc(C)c3COc3ccccc3)C2)C1. The van der Waals surface area contributed by atoms with E-state index in [1.54, 1.807) is 11.8 Å². The summed E-state index contributed by atoms with van der Waals surface area (Å²) >= 11 is 0. The van der Waals surface area contributed by atoms with Gasteiger partial charge in [-0.25, -0.2) is 0 Å². The Bertz CT molecular complexity index is 828. The first-order valence-corrected chi connectivity index (χ1v) is 9.22. The van der Waals surface area contributed by atoms with E-state index in [1.807, 2.05) is 37.3 Å². The van der Waals surface area contributed by atoms with Gasteiger partial charge in [-0.05, 0) is 25.5 Å². The van der Waals surface area contributed by atoms with Gasteiger partial charge in [-0.1, -0.05) is 30.3 Å². The van der Waals surface area contributed by atoms with Gasteiger partial charge in [0.25, 0.3) is 5.91 Å². The molecule has 1 atom stereocenters. The van der Waals surface area contributed by atoms with E-state index in [0.29, 0.717) is 43.9 Å². The van der Waals surface area contributed by atoms with Crippen molar-refractivity contribution in [2.24, 2.45) is 0 Å². The third-order valence-corrected chi connectivity index (χ3v) is 5.52. The second kappa shape index (κ2) is 6.65. The minimum absolute atomic E-state index is 0.195. The molecule has 7 heteroatoms. The molecule has 27 heavy (non-hydrogen) atoms. The standard InChI is InChI=1S/C20H24N2O5/c1-3-19(24)10-20(26-13-19)11-22(12-20)18(23)17-16(14(2)27-21-17)9-25-15-7-5-4-6-8-15/h4-8,24H,3,9-13H2,1-2H3. The molecule has 2 fully saturated rings. The van der Waals surface area contributed by atoms with Crippen molar-refractivity contribution in [2.45, 2.75) is 44.5 Å². The summed E-state index contributed by atoms with van der Waals surface area (Å²) in [7, 11) is 0. The predicted octanol–water partition coefficient (Wildman–Crippen LogP) is 2.32. The van der Waals surface area contributed by atoms with Crippen LogP contribution < -0.4 is 4.74 Å². The van der Waals surface area contributed by atoms with Gasteiger partial charge >= 0.3 is 0 Å². The lowest BCUT2D eigenvalue weighted by atomic mass is 9.83. The van der Waals surface area contributed by atoms with E-state index in [2.05, 4.69) is 5.16 Å². The highest BCUT2D eigenvalue weighted by atomic mass is 16.5. The number of benzene rings is 1. The molecule has 2 aliphatic rings. The third kappa shape index (κ3) is 3.33. The topological polar surface area (TPSA) is 85.0 Å². The van der Waals surface area contributed by atoms with Crippen molar-refractivity contribution in [1.82, 2.24) is 10.1 Å². The molecule has 2 aliphatic heterocycles. The normalized spacial score (nSPS) is 23.4. The van der Waals surface area contributed by atoms with Crippen LogP contribution in [0, 0.1) is 6.92 Å². The molecular weight excluding hydrogens is 348 g/mol. The predicted molar refractivity (Wildman–Crippen MR) is 96.5 cm³/mol. The van der Waals surface area contributed by atoms with Crippen LogP contribution in [0.3, 0.4) is 0 Å². The Hall–Kier alpha value is -2.38. The fourth-order valence-electron chi connectivity index (χ4n) is 3.76. The van der Waals surface area contributed by atoms with Gasteiger partial charge in [0.05, 0.1) is 30.9 Å². The van der Waals surface area contributed by atoms with Crippen LogP contribution >= 0.6 is 0 Å². The van der Waals surface area contributed by atoms with Crippen LogP contribution in [0.4, 0.5) is 0 Å². The molecule has 1 unspecified atom stereocenters. The molecule has 144 valence electrons. The molecule has 7 nitrogen and oxygen atoms in total. The maximum Gasteiger partial charge on any atom is 0.276 e. The number of hydrogen-bond acceptors (Lipinski definition) is 6. The molecule has 1 N–H and O–H groups in total. The first-order valence-electron chi connectivity index (χ1n) is 9.22. The van der Waals surface area contributed by atoms with Gasteiger partial charge in [0.1, 0.15) is 23.7 Å².